The second kappa shape index (κ2) is 5.66. The van der Waals surface area contributed by atoms with Gasteiger partial charge in [-0.25, -0.2) is 8.42 Å². The lowest BCUT2D eigenvalue weighted by Gasteiger charge is -2.08. The minimum atomic E-state index is -3.26. The summed E-state index contributed by atoms with van der Waals surface area (Å²) >= 11 is 3.37. The van der Waals surface area contributed by atoms with Crippen LogP contribution < -0.4 is 10.0 Å². The van der Waals surface area contributed by atoms with Crippen LogP contribution in [0.3, 0.4) is 0 Å². The van der Waals surface area contributed by atoms with Gasteiger partial charge in [0.15, 0.2) is 0 Å². The van der Waals surface area contributed by atoms with Crippen molar-refractivity contribution in [2.45, 2.75) is 6.54 Å². The van der Waals surface area contributed by atoms with Gasteiger partial charge in [-0.1, -0.05) is 6.07 Å². The fourth-order valence-corrected chi connectivity index (χ4v) is 2.44. The largest absolute Gasteiger partial charge is 0.466 e. The molecule has 0 aliphatic rings. The SMILES string of the molecule is CS(=O)(=O)Nc1cccc(NCc2occc2Br)c1. The van der Waals surface area contributed by atoms with Crippen molar-refractivity contribution < 1.29 is 12.8 Å². The number of rotatable bonds is 5. The van der Waals surface area contributed by atoms with E-state index in [4.69, 9.17) is 4.42 Å². The smallest absolute Gasteiger partial charge is 0.229 e. The molecule has 1 heterocycles. The summed E-state index contributed by atoms with van der Waals surface area (Å²) in [5.74, 6) is 0.779. The number of anilines is 2. The summed E-state index contributed by atoms with van der Waals surface area (Å²) in [6.07, 6.45) is 2.72. The zero-order valence-corrected chi connectivity index (χ0v) is 12.6. The normalized spacial score (nSPS) is 11.3. The van der Waals surface area contributed by atoms with E-state index in [2.05, 4.69) is 26.0 Å². The molecule has 0 atom stereocenters. The monoisotopic (exact) mass is 344 g/mol. The van der Waals surface area contributed by atoms with E-state index in [0.717, 1.165) is 22.2 Å². The summed E-state index contributed by atoms with van der Waals surface area (Å²) in [5, 5.41) is 3.16. The number of nitrogens with one attached hydrogen (secondary N) is 2. The summed E-state index contributed by atoms with van der Waals surface area (Å²) in [6, 6.07) is 8.85. The zero-order chi connectivity index (χ0) is 13.9. The Morgan fingerprint density at radius 1 is 1.26 bits per heavy atom. The lowest BCUT2D eigenvalue weighted by Crippen LogP contribution is -2.09. The van der Waals surface area contributed by atoms with Gasteiger partial charge >= 0.3 is 0 Å². The summed E-state index contributed by atoms with van der Waals surface area (Å²) in [7, 11) is -3.26. The molecule has 0 saturated carbocycles. The third-order valence-electron chi connectivity index (χ3n) is 2.31. The number of benzene rings is 1. The molecule has 2 N–H and O–H groups in total. The quantitative estimate of drug-likeness (QED) is 0.874. The highest BCUT2D eigenvalue weighted by Crippen LogP contribution is 2.20. The maximum atomic E-state index is 11.1. The highest BCUT2D eigenvalue weighted by atomic mass is 79.9. The lowest BCUT2D eigenvalue weighted by molar-refractivity contribution is 0.516. The Balaban J connectivity index is 2.05. The summed E-state index contributed by atoms with van der Waals surface area (Å²) in [4.78, 5) is 0. The predicted octanol–water partition coefficient (Wildman–Crippen LogP) is 3.03. The average molecular weight is 345 g/mol. The lowest BCUT2D eigenvalue weighted by atomic mass is 10.3. The van der Waals surface area contributed by atoms with Gasteiger partial charge in [-0.2, -0.15) is 0 Å². The van der Waals surface area contributed by atoms with Gasteiger partial charge in [0.25, 0.3) is 0 Å². The molecule has 0 aliphatic carbocycles. The number of furan rings is 1. The molecule has 2 rings (SSSR count). The van der Waals surface area contributed by atoms with Crippen LogP contribution in [0.4, 0.5) is 11.4 Å². The summed E-state index contributed by atoms with van der Waals surface area (Å²) in [6.45, 7) is 0.510. The highest BCUT2D eigenvalue weighted by Gasteiger charge is 2.05. The van der Waals surface area contributed by atoms with Crippen LogP contribution in [0, 0.1) is 0 Å². The number of hydrogen-bond donors (Lipinski definition) is 2. The van der Waals surface area contributed by atoms with Crippen LogP contribution in [0.25, 0.3) is 0 Å². The maximum Gasteiger partial charge on any atom is 0.229 e. The highest BCUT2D eigenvalue weighted by molar-refractivity contribution is 9.10. The van der Waals surface area contributed by atoms with E-state index < -0.39 is 10.0 Å². The topological polar surface area (TPSA) is 71.3 Å². The second-order valence-electron chi connectivity index (χ2n) is 4.00. The Labute approximate surface area is 120 Å². The van der Waals surface area contributed by atoms with Gasteiger partial charge in [0.2, 0.25) is 10.0 Å². The van der Waals surface area contributed by atoms with Gasteiger partial charge in [-0.05, 0) is 40.2 Å². The fraction of sp³-hybridized carbons (Fsp3) is 0.167. The molecule has 19 heavy (non-hydrogen) atoms. The molecular formula is C12H13BrN2O3S. The molecule has 7 heteroatoms. The summed E-state index contributed by atoms with van der Waals surface area (Å²) < 4.78 is 30.9. The Hall–Kier alpha value is -1.47. The number of hydrogen-bond acceptors (Lipinski definition) is 4. The molecule has 102 valence electrons. The van der Waals surface area contributed by atoms with Crippen molar-refractivity contribution in [3.05, 3.63) is 46.8 Å². The maximum absolute atomic E-state index is 11.1. The number of halogens is 1. The molecular weight excluding hydrogens is 332 g/mol. The molecule has 1 aromatic carbocycles. The van der Waals surface area contributed by atoms with E-state index in [-0.39, 0.29) is 0 Å². The first-order valence-corrected chi connectivity index (χ1v) is 8.16. The van der Waals surface area contributed by atoms with Crippen molar-refractivity contribution in [1.29, 1.82) is 0 Å². The third kappa shape index (κ3) is 4.29. The van der Waals surface area contributed by atoms with E-state index in [9.17, 15) is 8.42 Å². The first kappa shape index (κ1) is 14.0. The zero-order valence-electron chi connectivity index (χ0n) is 10.2. The molecule has 0 saturated heterocycles. The van der Waals surface area contributed by atoms with Gasteiger partial charge in [0.05, 0.1) is 29.2 Å². The minimum Gasteiger partial charge on any atom is -0.466 e. The van der Waals surface area contributed by atoms with Gasteiger partial charge < -0.3 is 9.73 Å². The van der Waals surface area contributed by atoms with Crippen molar-refractivity contribution in [1.82, 2.24) is 0 Å². The average Bonchev–Trinajstić information content (AvgIpc) is 2.70. The van der Waals surface area contributed by atoms with Crippen LogP contribution in [0.1, 0.15) is 5.76 Å². The van der Waals surface area contributed by atoms with Crippen LogP contribution >= 0.6 is 15.9 Å². The van der Waals surface area contributed by atoms with E-state index in [1.165, 1.54) is 0 Å². The van der Waals surface area contributed by atoms with Crippen LogP contribution in [0.2, 0.25) is 0 Å². The van der Waals surface area contributed by atoms with Crippen molar-refractivity contribution in [2.75, 3.05) is 16.3 Å². The Bertz CT molecular complexity index is 667. The Morgan fingerprint density at radius 2 is 2.00 bits per heavy atom. The minimum absolute atomic E-state index is 0.510. The van der Waals surface area contributed by atoms with Gasteiger partial charge in [-0.3, -0.25) is 4.72 Å². The van der Waals surface area contributed by atoms with Gasteiger partial charge in [-0.15, -0.1) is 0 Å². The Morgan fingerprint density at radius 3 is 2.63 bits per heavy atom. The molecule has 0 amide bonds. The third-order valence-corrected chi connectivity index (χ3v) is 3.62. The van der Waals surface area contributed by atoms with Crippen LogP contribution in [0.15, 0.2) is 45.5 Å². The van der Waals surface area contributed by atoms with Crippen LogP contribution in [0.5, 0.6) is 0 Å². The van der Waals surface area contributed by atoms with Gasteiger partial charge in [0, 0.05) is 5.69 Å². The van der Waals surface area contributed by atoms with Gasteiger partial charge in [0.1, 0.15) is 5.76 Å². The standard InChI is InChI=1S/C12H13BrN2O3S/c1-19(16,17)15-10-4-2-3-9(7-10)14-8-12-11(13)5-6-18-12/h2-7,14-15H,8H2,1H3. The first-order valence-electron chi connectivity index (χ1n) is 5.47. The number of sulfonamides is 1. The van der Waals surface area contributed by atoms with E-state index in [0.29, 0.717) is 12.2 Å². The predicted molar refractivity (Wildman–Crippen MR) is 78.6 cm³/mol. The molecule has 0 spiro atoms. The van der Waals surface area contributed by atoms with Crippen molar-refractivity contribution in [3.8, 4) is 0 Å². The van der Waals surface area contributed by atoms with Crippen molar-refractivity contribution >= 4 is 37.3 Å². The first-order chi connectivity index (χ1) is 8.94. The van der Waals surface area contributed by atoms with E-state index in [1.54, 1.807) is 24.5 Å². The molecule has 0 aliphatic heterocycles. The van der Waals surface area contributed by atoms with Crippen molar-refractivity contribution in [2.24, 2.45) is 0 Å². The second-order valence-corrected chi connectivity index (χ2v) is 6.60. The van der Waals surface area contributed by atoms with Crippen LogP contribution in [-0.2, 0) is 16.6 Å². The Kier molecular flexibility index (Phi) is 4.16. The molecule has 0 unspecified atom stereocenters. The van der Waals surface area contributed by atoms with E-state index in [1.807, 2.05) is 12.1 Å². The fourth-order valence-electron chi connectivity index (χ4n) is 1.54. The van der Waals surface area contributed by atoms with Crippen molar-refractivity contribution in [3.63, 3.8) is 0 Å². The molecule has 0 bridgehead atoms. The molecule has 0 radical (unpaired) electrons. The summed E-state index contributed by atoms with van der Waals surface area (Å²) in [5.41, 5.74) is 1.32. The molecule has 2 aromatic rings. The molecule has 5 nitrogen and oxygen atoms in total. The van der Waals surface area contributed by atoms with E-state index >= 15 is 0 Å². The van der Waals surface area contributed by atoms with Crippen LogP contribution in [-0.4, -0.2) is 14.7 Å². The molecule has 1 aromatic heterocycles. The molecule has 0 fully saturated rings.